The third-order valence-corrected chi connectivity index (χ3v) is 7.31. The van der Waals surface area contributed by atoms with Crippen LogP contribution >= 0.6 is 11.3 Å². The zero-order valence-corrected chi connectivity index (χ0v) is 21.2. The number of nitriles is 1. The predicted molar refractivity (Wildman–Crippen MR) is 145 cm³/mol. The van der Waals surface area contributed by atoms with E-state index in [-0.39, 0.29) is 11.8 Å². The molecule has 1 aliphatic carbocycles. The van der Waals surface area contributed by atoms with E-state index in [1.807, 2.05) is 54.8 Å². The lowest BCUT2D eigenvalue weighted by Crippen LogP contribution is -2.40. The summed E-state index contributed by atoms with van der Waals surface area (Å²) < 4.78 is 5.22. The molecular weight excluding hydrogens is 468 g/mol. The SMILES string of the molecule is C=C(/C=C\C=NC#N)C1CC(C)(C(=O)Nc2nc(Cc3ccc(OC)cc3)cs2)Cc2ccccc21. The van der Waals surface area contributed by atoms with E-state index in [0.29, 0.717) is 24.4 Å². The lowest BCUT2D eigenvalue weighted by atomic mass is 9.66. The molecule has 0 radical (unpaired) electrons. The number of aliphatic imine (C=N–C) groups is 1. The number of nitrogens with one attached hydrogen (secondary N) is 1. The Labute approximate surface area is 215 Å². The van der Waals surface area contributed by atoms with Gasteiger partial charge in [0.25, 0.3) is 0 Å². The molecule has 0 saturated heterocycles. The van der Waals surface area contributed by atoms with E-state index in [4.69, 9.17) is 10.00 Å². The van der Waals surface area contributed by atoms with E-state index in [1.165, 1.54) is 23.1 Å². The highest BCUT2D eigenvalue weighted by Crippen LogP contribution is 2.46. The predicted octanol–water partition coefficient (Wildman–Crippen LogP) is 6.08. The highest BCUT2D eigenvalue weighted by Gasteiger charge is 2.41. The number of benzene rings is 2. The number of nitrogens with zero attached hydrogens (tertiary/aromatic N) is 3. The van der Waals surface area contributed by atoms with Gasteiger partial charge in [-0.05, 0) is 53.3 Å². The first kappa shape index (κ1) is 25.1. The highest BCUT2D eigenvalue weighted by atomic mass is 32.1. The van der Waals surface area contributed by atoms with Crippen molar-refractivity contribution in [2.75, 3.05) is 12.4 Å². The Hall–Kier alpha value is -4.02. The van der Waals surface area contributed by atoms with Crippen LogP contribution in [0.15, 0.2) is 83.2 Å². The number of fused-ring (bicyclic) bond motifs is 1. The Morgan fingerprint density at radius 1 is 1.33 bits per heavy atom. The average Bonchev–Trinajstić information content (AvgIpc) is 3.33. The van der Waals surface area contributed by atoms with Gasteiger partial charge in [-0.3, -0.25) is 4.79 Å². The van der Waals surface area contributed by atoms with Crippen molar-refractivity contribution >= 4 is 28.6 Å². The van der Waals surface area contributed by atoms with Crippen molar-refractivity contribution in [2.45, 2.75) is 32.1 Å². The molecular formula is C29H28N4O2S. The maximum absolute atomic E-state index is 13.5. The largest absolute Gasteiger partial charge is 0.497 e. The zero-order chi connectivity index (χ0) is 25.5. The van der Waals surface area contributed by atoms with Gasteiger partial charge in [-0.1, -0.05) is 56.0 Å². The molecule has 36 heavy (non-hydrogen) atoms. The van der Waals surface area contributed by atoms with Crippen molar-refractivity contribution in [1.29, 1.82) is 5.26 Å². The Morgan fingerprint density at radius 2 is 2.11 bits per heavy atom. The number of hydrogen-bond donors (Lipinski definition) is 1. The number of ether oxygens (including phenoxy) is 1. The molecule has 7 heteroatoms. The second kappa shape index (κ2) is 11.1. The summed E-state index contributed by atoms with van der Waals surface area (Å²) in [6.07, 6.45) is 8.69. The summed E-state index contributed by atoms with van der Waals surface area (Å²) in [5, 5.41) is 14.3. The molecule has 0 saturated carbocycles. The van der Waals surface area contributed by atoms with Crippen LogP contribution in [0, 0.1) is 16.9 Å². The molecule has 4 rings (SSSR count). The Morgan fingerprint density at radius 3 is 2.86 bits per heavy atom. The second-order valence-electron chi connectivity index (χ2n) is 9.13. The Bertz CT molecular complexity index is 1350. The van der Waals surface area contributed by atoms with Gasteiger partial charge in [0, 0.05) is 23.9 Å². The maximum Gasteiger partial charge on any atom is 0.232 e. The Kier molecular flexibility index (Phi) is 7.77. The van der Waals surface area contributed by atoms with Crippen LogP contribution in [-0.2, 0) is 17.6 Å². The number of hydrogen-bond acceptors (Lipinski definition) is 6. The van der Waals surface area contributed by atoms with Crippen LogP contribution < -0.4 is 10.1 Å². The molecule has 2 unspecified atom stereocenters. The van der Waals surface area contributed by atoms with E-state index < -0.39 is 5.41 Å². The minimum Gasteiger partial charge on any atom is -0.497 e. The summed E-state index contributed by atoms with van der Waals surface area (Å²) in [4.78, 5) is 21.7. The van der Waals surface area contributed by atoms with Gasteiger partial charge in [0.1, 0.15) is 5.75 Å². The van der Waals surface area contributed by atoms with Crippen LogP contribution in [0.5, 0.6) is 5.75 Å². The molecule has 1 aromatic heterocycles. The summed E-state index contributed by atoms with van der Waals surface area (Å²) in [6, 6.07) is 16.1. The van der Waals surface area contributed by atoms with Crippen molar-refractivity contribution in [1.82, 2.24) is 4.98 Å². The zero-order valence-electron chi connectivity index (χ0n) is 20.4. The fraction of sp³-hybridized carbons (Fsp3) is 0.241. The average molecular weight is 497 g/mol. The van der Waals surface area contributed by atoms with Gasteiger partial charge in [0.05, 0.1) is 18.2 Å². The fourth-order valence-electron chi connectivity index (χ4n) is 4.60. The van der Waals surface area contributed by atoms with Gasteiger partial charge < -0.3 is 10.1 Å². The molecule has 3 aromatic rings. The van der Waals surface area contributed by atoms with Crippen molar-refractivity contribution < 1.29 is 9.53 Å². The number of anilines is 1. The highest BCUT2D eigenvalue weighted by molar-refractivity contribution is 7.13. The van der Waals surface area contributed by atoms with Gasteiger partial charge >= 0.3 is 0 Å². The molecule has 1 amide bonds. The molecule has 1 heterocycles. The first-order valence-corrected chi connectivity index (χ1v) is 12.5. The van der Waals surface area contributed by atoms with Crippen molar-refractivity contribution in [3.8, 4) is 11.9 Å². The van der Waals surface area contributed by atoms with E-state index >= 15 is 0 Å². The number of carbonyl (C=O) groups is 1. The summed E-state index contributed by atoms with van der Waals surface area (Å²) in [5.74, 6) is 0.758. The third-order valence-electron chi connectivity index (χ3n) is 6.51. The fourth-order valence-corrected chi connectivity index (χ4v) is 5.30. The molecule has 2 aromatic carbocycles. The van der Waals surface area contributed by atoms with E-state index in [0.717, 1.165) is 28.1 Å². The van der Waals surface area contributed by atoms with Crippen LogP contribution in [0.1, 0.15) is 41.6 Å². The minimum atomic E-state index is -0.627. The number of amides is 1. The monoisotopic (exact) mass is 496 g/mol. The first-order valence-electron chi connectivity index (χ1n) is 11.7. The normalized spacial score (nSPS) is 19.1. The lowest BCUT2D eigenvalue weighted by Gasteiger charge is -2.38. The maximum atomic E-state index is 13.5. The molecule has 0 fully saturated rings. The summed E-state index contributed by atoms with van der Waals surface area (Å²) >= 11 is 1.44. The molecule has 0 aliphatic heterocycles. The van der Waals surface area contributed by atoms with E-state index in [9.17, 15) is 4.79 Å². The van der Waals surface area contributed by atoms with Gasteiger partial charge in [-0.25, -0.2) is 4.98 Å². The summed E-state index contributed by atoms with van der Waals surface area (Å²) in [7, 11) is 1.65. The molecule has 182 valence electrons. The van der Waals surface area contributed by atoms with Crippen LogP contribution in [0.3, 0.4) is 0 Å². The molecule has 2 atom stereocenters. The van der Waals surface area contributed by atoms with Crippen LogP contribution in [0.2, 0.25) is 0 Å². The number of methoxy groups -OCH3 is 1. The molecule has 1 N–H and O–H groups in total. The standard InChI is InChI=1S/C29H28N4O2S/c1-20(7-6-14-31-19-30)26-17-29(2,16-22-8-4-5-9-25(22)26)27(34)33-28-32-23(18-36-28)15-21-10-12-24(35-3)13-11-21/h4-14,18,26H,1,15-17H2,2-3H3,(H,32,33,34)/b7-6-,31-14?. The van der Waals surface area contributed by atoms with Crippen LogP contribution in [-0.4, -0.2) is 24.2 Å². The smallest absolute Gasteiger partial charge is 0.232 e. The second-order valence-corrected chi connectivity index (χ2v) is 9.99. The van der Waals surface area contributed by atoms with Crippen molar-refractivity contribution in [3.05, 3.63) is 101 Å². The van der Waals surface area contributed by atoms with Gasteiger partial charge in [-0.15, -0.1) is 11.3 Å². The third kappa shape index (κ3) is 5.78. The van der Waals surface area contributed by atoms with Gasteiger partial charge in [-0.2, -0.15) is 10.3 Å². The lowest BCUT2D eigenvalue weighted by molar-refractivity contribution is -0.125. The van der Waals surface area contributed by atoms with E-state index in [1.54, 1.807) is 19.4 Å². The molecule has 6 nitrogen and oxygen atoms in total. The van der Waals surface area contributed by atoms with Crippen molar-refractivity contribution in [2.24, 2.45) is 10.4 Å². The van der Waals surface area contributed by atoms with Gasteiger partial charge in [0.15, 0.2) is 5.13 Å². The number of allylic oxidation sites excluding steroid dienone is 3. The van der Waals surface area contributed by atoms with Gasteiger partial charge in [0.2, 0.25) is 12.1 Å². The summed E-state index contributed by atoms with van der Waals surface area (Å²) in [5.41, 5.74) is 4.62. The number of carbonyl (C=O) groups excluding carboxylic acids is 1. The topological polar surface area (TPSA) is 87.4 Å². The number of rotatable bonds is 8. The molecule has 0 spiro atoms. The number of thiazole rings is 1. The van der Waals surface area contributed by atoms with E-state index in [2.05, 4.69) is 34.0 Å². The van der Waals surface area contributed by atoms with Crippen molar-refractivity contribution in [3.63, 3.8) is 0 Å². The number of aromatic nitrogens is 1. The molecule has 1 aliphatic rings. The summed E-state index contributed by atoms with van der Waals surface area (Å²) in [6.45, 7) is 6.26. The molecule has 0 bridgehead atoms. The first-order chi connectivity index (χ1) is 17.4. The minimum absolute atomic E-state index is 0.0145. The Balaban J connectivity index is 1.49. The quantitative estimate of drug-likeness (QED) is 0.233. The van der Waals surface area contributed by atoms with Crippen LogP contribution in [0.25, 0.3) is 0 Å². The van der Waals surface area contributed by atoms with Crippen LogP contribution in [0.4, 0.5) is 5.13 Å².